The third kappa shape index (κ3) is 3.56. The fraction of sp³-hybridized carbons (Fsp3) is 0.455. The van der Waals surface area contributed by atoms with E-state index in [0.717, 1.165) is 31.4 Å². The number of aryl methyl sites for hydroxylation is 1. The number of hydrogen-bond donors (Lipinski definition) is 0. The molecule has 144 valence electrons. The zero-order valence-electron chi connectivity index (χ0n) is 16.1. The van der Waals surface area contributed by atoms with Crippen LogP contribution in [0.25, 0.3) is 0 Å². The monoisotopic (exact) mass is 384 g/mol. The van der Waals surface area contributed by atoms with Gasteiger partial charge in [0.1, 0.15) is 0 Å². The summed E-state index contributed by atoms with van der Waals surface area (Å²) < 4.78 is 27.6. The summed E-state index contributed by atoms with van der Waals surface area (Å²) in [5, 5.41) is 0. The van der Waals surface area contributed by atoms with Crippen LogP contribution in [0.5, 0.6) is 0 Å². The highest BCUT2D eigenvalue weighted by molar-refractivity contribution is 7.89. The van der Waals surface area contributed by atoms with E-state index in [2.05, 4.69) is 36.2 Å². The number of likely N-dealkylation sites (N-methyl/N-ethyl adjacent to an activating group) is 1. The van der Waals surface area contributed by atoms with E-state index in [-0.39, 0.29) is 0 Å². The number of hydrogen-bond acceptors (Lipinski definition) is 3. The number of sulfonamides is 1. The van der Waals surface area contributed by atoms with Crippen molar-refractivity contribution in [2.45, 2.75) is 37.1 Å². The maximum Gasteiger partial charge on any atom is 0.243 e. The van der Waals surface area contributed by atoms with Crippen LogP contribution in [0.2, 0.25) is 0 Å². The zero-order valence-corrected chi connectivity index (χ0v) is 17.0. The van der Waals surface area contributed by atoms with Crippen molar-refractivity contribution in [3.8, 4) is 0 Å². The maximum absolute atomic E-state index is 13.0. The summed E-state index contributed by atoms with van der Waals surface area (Å²) in [6, 6.07) is 16.3. The normalized spacial score (nSPS) is 22.5. The quantitative estimate of drug-likeness (QED) is 0.811. The Hall–Kier alpha value is -1.69. The highest BCUT2D eigenvalue weighted by Crippen LogP contribution is 2.39. The third-order valence-corrected chi connectivity index (χ3v) is 8.10. The first-order valence-electron chi connectivity index (χ1n) is 9.81. The molecule has 0 spiro atoms. The van der Waals surface area contributed by atoms with Crippen LogP contribution < -0.4 is 0 Å². The summed E-state index contributed by atoms with van der Waals surface area (Å²) in [5.74, 6) is 0.501. The lowest BCUT2D eigenvalue weighted by Crippen LogP contribution is -2.44. The van der Waals surface area contributed by atoms with Gasteiger partial charge < -0.3 is 0 Å². The van der Waals surface area contributed by atoms with E-state index in [0.29, 0.717) is 29.9 Å². The fourth-order valence-electron chi connectivity index (χ4n) is 4.63. The van der Waals surface area contributed by atoms with Crippen molar-refractivity contribution < 1.29 is 8.42 Å². The summed E-state index contributed by atoms with van der Waals surface area (Å²) in [7, 11) is -1.18. The second kappa shape index (κ2) is 7.38. The van der Waals surface area contributed by atoms with Crippen molar-refractivity contribution in [2.24, 2.45) is 5.92 Å². The van der Waals surface area contributed by atoms with Gasteiger partial charge in [0, 0.05) is 25.7 Å². The molecular formula is C22H28N2O2S. The van der Waals surface area contributed by atoms with Crippen molar-refractivity contribution in [1.82, 2.24) is 9.21 Å². The first-order chi connectivity index (χ1) is 13.0. The van der Waals surface area contributed by atoms with Crippen molar-refractivity contribution in [3.63, 3.8) is 0 Å². The van der Waals surface area contributed by atoms with Crippen LogP contribution >= 0.6 is 0 Å². The molecule has 0 bridgehead atoms. The van der Waals surface area contributed by atoms with Gasteiger partial charge in [-0.2, -0.15) is 4.31 Å². The lowest BCUT2D eigenvalue weighted by atomic mass is 9.80. The Morgan fingerprint density at radius 2 is 1.59 bits per heavy atom. The van der Waals surface area contributed by atoms with Gasteiger partial charge in [0.2, 0.25) is 10.0 Å². The minimum atomic E-state index is -3.39. The van der Waals surface area contributed by atoms with Crippen molar-refractivity contribution in [2.75, 3.05) is 26.7 Å². The van der Waals surface area contributed by atoms with E-state index in [9.17, 15) is 8.42 Å². The SMILES string of the molecule is Cc1ccc(S(=O)(=O)N2CCC(C3c4ccccc4CCN3C)CC2)cc1. The Bertz CT molecular complexity index is 900. The average Bonchev–Trinajstić information content (AvgIpc) is 2.68. The Morgan fingerprint density at radius 3 is 2.30 bits per heavy atom. The molecule has 0 aliphatic carbocycles. The molecule has 2 aromatic rings. The molecular weight excluding hydrogens is 356 g/mol. The molecule has 1 fully saturated rings. The van der Waals surface area contributed by atoms with Crippen molar-refractivity contribution in [3.05, 3.63) is 65.2 Å². The first kappa shape index (κ1) is 18.7. The van der Waals surface area contributed by atoms with E-state index in [1.165, 1.54) is 11.1 Å². The molecule has 5 heteroatoms. The molecule has 1 atom stereocenters. The van der Waals surface area contributed by atoms with E-state index in [1.54, 1.807) is 16.4 Å². The van der Waals surface area contributed by atoms with Gasteiger partial charge in [0.25, 0.3) is 0 Å². The maximum atomic E-state index is 13.0. The standard InChI is InChI=1S/C22H28N2O2S/c1-17-7-9-20(10-8-17)27(25,26)24-15-12-19(13-16-24)22-21-6-4-3-5-18(21)11-14-23(22)2/h3-10,19,22H,11-16H2,1-2H3. The highest BCUT2D eigenvalue weighted by Gasteiger charge is 2.36. The fourth-order valence-corrected chi connectivity index (χ4v) is 6.10. The summed E-state index contributed by atoms with van der Waals surface area (Å²) in [6.45, 7) is 4.25. The average molecular weight is 385 g/mol. The Labute approximate surface area is 162 Å². The molecule has 0 radical (unpaired) electrons. The van der Waals surface area contributed by atoms with Crippen LogP contribution in [0.15, 0.2) is 53.4 Å². The molecule has 2 heterocycles. The smallest absolute Gasteiger partial charge is 0.243 e. The van der Waals surface area contributed by atoms with Gasteiger partial charge >= 0.3 is 0 Å². The molecule has 0 N–H and O–H groups in total. The van der Waals surface area contributed by atoms with E-state index in [1.807, 2.05) is 19.1 Å². The number of nitrogens with zero attached hydrogens (tertiary/aromatic N) is 2. The summed E-state index contributed by atoms with van der Waals surface area (Å²) in [6.07, 6.45) is 2.92. The number of piperidine rings is 1. The second-order valence-corrected chi connectivity index (χ2v) is 9.87. The van der Waals surface area contributed by atoms with E-state index in [4.69, 9.17) is 0 Å². The van der Waals surface area contributed by atoms with Crippen LogP contribution in [0.1, 0.15) is 35.6 Å². The Morgan fingerprint density at radius 1 is 0.926 bits per heavy atom. The lowest BCUT2D eigenvalue weighted by Gasteiger charge is -2.42. The summed E-state index contributed by atoms with van der Waals surface area (Å²) >= 11 is 0. The molecule has 2 aliphatic rings. The molecule has 0 amide bonds. The van der Waals surface area contributed by atoms with Crippen LogP contribution in [0.4, 0.5) is 0 Å². The molecule has 0 aromatic heterocycles. The van der Waals surface area contributed by atoms with Crippen LogP contribution in [0, 0.1) is 12.8 Å². The molecule has 1 saturated heterocycles. The summed E-state index contributed by atoms with van der Waals surface area (Å²) in [5.41, 5.74) is 3.97. The Kier molecular flexibility index (Phi) is 5.10. The second-order valence-electron chi connectivity index (χ2n) is 7.93. The summed E-state index contributed by atoms with van der Waals surface area (Å²) in [4.78, 5) is 2.86. The molecule has 27 heavy (non-hydrogen) atoms. The van der Waals surface area contributed by atoms with E-state index < -0.39 is 10.0 Å². The van der Waals surface area contributed by atoms with Gasteiger partial charge in [0.05, 0.1) is 4.90 Å². The molecule has 4 nitrogen and oxygen atoms in total. The zero-order chi connectivity index (χ0) is 19.0. The number of rotatable bonds is 3. The van der Waals surface area contributed by atoms with Gasteiger partial charge in [-0.1, -0.05) is 42.0 Å². The van der Waals surface area contributed by atoms with Crippen LogP contribution in [0.3, 0.4) is 0 Å². The van der Waals surface area contributed by atoms with Gasteiger partial charge in [-0.15, -0.1) is 0 Å². The van der Waals surface area contributed by atoms with Gasteiger partial charge in [-0.25, -0.2) is 8.42 Å². The molecule has 2 aliphatic heterocycles. The van der Waals surface area contributed by atoms with Crippen LogP contribution in [-0.2, 0) is 16.4 Å². The number of benzene rings is 2. The Balaban J connectivity index is 1.50. The van der Waals surface area contributed by atoms with E-state index >= 15 is 0 Å². The highest BCUT2D eigenvalue weighted by atomic mass is 32.2. The molecule has 4 rings (SSSR count). The predicted octanol–water partition coefficient (Wildman–Crippen LogP) is 3.62. The van der Waals surface area contributed by atoms with Gasteiger partial charge in [0.15, 0.2) is 0 Å². The number of fused-ring (bicyclic) bond motifs is 1. The molecule has 0 saturated carbocycles. The molecule has 2 aromatic carbocycles. The molecule has 1 unspecified atom stereocenters. The van der Waals surface area contributed by atoms with Gasteiger partial charge in [-0.3, -0.25) is 4.90 Å². The van der Waals surface area contributed by atoms with Crippen molar-refractivity contribution >= 4 is 10.0 Å². The topological polar surface area (TPSA) is 40.6 Å². The van der Waals surface area contributed by atoms with Crippen LogP contribution in [-0.4, -0.2) is 44.3 Å². The minimum Gasteiger partial charge on any atom is -0.299 e. The first-order valence-corrected chi connectivity index (χ1v) is 11.3. The predicted molar refractivity (Wildman–Crippen MR) is 108 cm³/mol. The minimum absolute atomic E-state index is 0.402. The van der Waals surface area contributed by atoms with Gasteiger partial charge in [-0.05, 0) is 62.4 Å². The largest absolute Gasteiger partial charge is 0.299 e. The van der Waals surface area contributed by atoms with Crippen molar-refractivity contribution in [1.29, 1.82) is 0 Å². The lowest BCUT2D eigenvalue weighted by molar-refractivity contribution is 0.122. The third-order valence-electron chi connectivity index (χ3n) is 6.19.